The summed E-state index contributed by atoms with van der Waals surface area (Å²) in [5, 5.41) is 12.7. The number of hydrogen-bond donors (Lipinski definition) is 3. The zero-order chi connectivity index (χ0) is 22.2. The zero-order valence-corrected chi connectivity index (χ0v) is 17.5. The Morgan fingerprint density at radius 2 is 2.06 bits per heavy atom. The number of carboxylic acid groups (broad SMARTS) is 1. The Kier molecular flexibility index (Phi) is 5.20. The predicted octanol–water partition coefficient (Wildman–Crippen LogP) is 3.34. The summed E-state index contributed by atoms with van der Waals surface area (Å²) < 4.78 is 14.4. The molecule has 0 amide bonds. The van der Waals surface area contributed by atoms with E-state index in [-0.39, 0.29) is 5.56 Å². The van der Waals surface area contributed by atoms with Gasteiger partial charge in [0.25, 0.3) is 0 Å². The van der Waals surface area contributed by atoms with Gasteiger partial charge in [-0.15, -0.1) is 0 Å². The third kappa shape index (κ3) is 3.76. The van der Waals surface area contributed by atoms with Crippen LogP contribution in [0.5, 0.6) is 0 Å². The fraction of sp³-hybridized carbons (Fsp3) is 0.182. The van der Waals surface area contributed by atoms with E-state index in [1.165, 1.54) is 24.5 Å². The predicted molar refractivity (Wildman–Crippen MR) is 119 cm³/mol. The number of benzene rings is 1. The summed E-state index contributed by atoms with van der Waals surface area (Å²) in [6.45, 7) is 1.56. The number of fused-ring (bicyclic) bond motifs is 1. The molecule has 0 aliphatic carbocycles. The monoisotopic (exact) mass is 452 g/mol. The minimum absolute atomic E-state index is 0.281. The lowest BCUT2D eigenvalue weighted by Gasteiger charge is -2.33. The van der Waals surface area contributed by atoms with Crippen molar-refractivity contribution in [1.29, 1.82) is 0 Å². The molecule has 3 aromatic heterocycles. The fourth-order valence-electron chi connectivity index (χ4n) is 3.83. The number of aliphatic carboxylic acids is 1. The van der Waals surface area contributed by atoms with Crippen LogP contribution in [0, 0.1) is 5.82 Å². The maximum Gasteiger partial charge on any atom is 0.322 e. The second kappa shape index (κ2) is 8.18. The van der Waals surface area contributed by atoms with Gasteiger partial charge in [0.2, 0.25) is 0 Å². The number of aromatic amines is 1. The van der Waals surface area contributed by atoms with E-state index in [2.05, 4.69) is 20.3 Å². The summed E-state index contributed by atoms with van der Waals surface area (Å²) in [5.74, 6) is -1.32. The van der Waals surface area contributed by atoms with Crippen LogP contribution in [0.1, 0.15) is 0 Å². The first-order valence-corrected chi connectivity index (χ1v) is 10.3. The Balaban J connectivity index is 1.53. The summed E-state index contributed by atoms with van der Waals surface area (Å²) in [6, 6.07) is 9.18. The van der Waals surface area contributed by atoms with Crippen LogP contribution in [0.4, 0.5) is 10.1 Å². The molecule has 3 N–H and O–H groups in total. The fourth-order valence-corrected chi connectivity index (χ4v) is 4.00. The second-order valence-corrected chi connectivity index (χ2v) is 7.91. The third-order valence-electron chi connectivity index (χ3n) is 5.44. The maximum absolute atomic E-state index is 14.4. The molecule has 1 aliphatic heterocycles. The minimum atomic E-state index is -0.885. The van der Waals surface area contributed by atoms with E-state index in [1.54, 1.807) is 12.3 Å². The van der Waals surface area contributed by atoms with Gasteiger partial charge < -0.3 is 20.3 Å². The Morgan fingerprint density at radius 3 is 2.91 bits per heavy atom. The Labute approximate surface area is 187 Å². The van der Waals surface area contributed by atoms with Crippen LogP contribution in [-0.2, 0) is 4.79 Å². The third-order valence-corrected chi connectivity index (χ3v) is 5.68. The number of halogens is 2. The summed E-state index contributed by atoms with van der Waals surface area (Å²) >= 11 is 6.06. The largest absolute Gasteiger partial charge is 0.480 e. The highest BCUT2D eigenvalue weighted by atomic mass is 35.5. The molecule has 0 spiro atoms. The number of piperazine rings is 1. The molecule has 1 fully saturated rings. The quantitative estimate of drug-likeness (QED) is 0.436. The molecule has 0 unspecified atom stereocenters. The van der Waals surface area contributed by atoms with Crippen molar-refractivity contribution < 1.29 is 14.3 Å². The first-order valence-electron chi connectivity index (χ1n) is 9.97. The molecule has 32 heavy (non-hydrogen) atoms. The van der Waals surface area contributed by atoms with Gasteiger partial charge in [-0.05, 0) is 36.4 Å². The van der Waals surface area contributed by atoms with E-state index < -0.39 is 17.8 Å². The molecule has 1 aromatic carbocycles. The lowest BCUT2D eigenvalue weighted by atomic mass is 10.1. The number of hydrogen-bond acceptors (Lipinski definition) is 6. The van der Waals surface area contributed by atoms with Crippen LogP contribution in [0.15, 0.2) is 48.9 Å². The van der Waals surface area contributed by atoms with Crippen molar-refractivity contribution in [3.05, 3.63) is 59.8 Å². The SMILES string of the molecule is O=C(O)[C@@H]1CN(c2cnc3ccc(-c4[nH]cnc4-c4cc(Cl)ccc4F)nc3c2)CCN1. The van der Waals surface area contributed by atoms with E-state index in [0.29, 0.717) is 52.8 Å². The van der Waals surface area contributed by atoms with Gasteiger partial charge in [0.1, 0.15) is 17.6 Å². The molecule has 0 radical (unpaired) electrons. The molecule has 5 rings (SSSR count). The van der Waals surface area contributed by atoms with Gasteiger partial charge in [0, 0.05) is 30.2 Å². The molecule has 0 saturated carbocycles. The van der Waals surface area contributed by atoms with Crippen LogP contribution in [-0.4, -0.2) is 56.7 Å². The lowest BCUT2D eigenvalue weighted by Crippen LogP contribution is -2.54. The molecule has 1 saturated heterocycles. The molecule has 4 heterocycles. The van der Waals surface area contributed by atoms with Gasteiger partial charge >= 0.3 is 5.97 Å². The van der Waals surface area contributed by atoms with Crippen molar-refractivity contribution in [1.82, 2.24) is 25.3 Å². The number of carboxylic acids is 1. The number of rotatable bonds is 4. The highest BCUT2D eigenvalue weighted by molar-refractivity contribution is 6.30. The van der Waals surface area contributed by atoms with E-state index in [1.807, 2.05) is 17.0 Å². The van der Waals surface area contributed by atoms with Crippen LogP contribution < -0.4 is 10.2 Å². The summed E-state index contributed by atoms with van der Waals surface area (Å²) in [6.07, 6.45) is 3.20. The highest BCUT2D eigenvalue weighted by Crippen LogP contribution is 2.32. The summed E-state index contributed by atoms with van der Waals surface area (Å²) in [7, 11) is 0. The minimum Gasteiger partial charge on any atom is -0.480 e. The zero-order valence-electron chi connectivity index (χ0n) is 16.7. The van der Waals surface area contributed by atoms with Crippen molar-refractivity contribution >= 4 is 34.3 Å². The van der Waals surface area contributed by atoms with Gasteiger partial charge in [-0.3, -0.25) is 9.78 Å². The number of imidazole rings is 1. The first-order chi connectivity index (χ1) is 15.5. The molecular weight excluding hydrogens is 435 g/mol. The number of nitrogens with one attached hydrogen (secondary N) is 2. The number of pyridine rings is 2. The van der Waals surface area contributed by atoms with Crippen LogP contribution in [0.2, 0.25) is 5.02 Å². The molecule has 4 aromatic rings. The Hall–Kier alpha value is -3.56. The molecular formula is C22H18ClFN6O2. The topological polar surface area (TPSA) is 107 Å². The first kappa shape index (κ1) is 20.3. The Morgan fingerprint density at radius 1 is 1.19 bits per heavy atom. The second-order valence-electron chi connectivity index (χ2n) is 7.47. The lowest BCUT2D eigenvalue weighted by molar-refractivity contribution is -0.139. The van der Waals surface area contributed by atoms with E-state index in [4.69, 9.17) is 16.6 Å². The standard InChI is InChI=1S/C22H18ClFN6O2/c23-12-1-2-15(24)14(7-12)20-21(28-11-27-20)17-4-3-16-18(29-17)8-13(9-26-16)30-6-5-25-19(10-30)22(31)32/h1-4,7-9,11,19,25H,5-6,10H2,(H,27,28)(H,31,32)/t19-/m0/s1. The van der Waals surface area contributed by atoms with Gasteiger partial charge in [0.05, 0.1) is 40.6 Å². The summed E-state index contributed by atoms with van der Waals surface area (Å²) in [5.41, 5.74) is 3.95. The van der Waals surface area contributed by atoms with Crippen molar-refractivity contribution in [3.8, 4) is 22.6 Å². The van der Waals surface area contributed by atoms with E-state index >= 15 is 0 Å². The van der Waals surface area contributed by atoms with Crippen molar-refractivity contribution in [2.45, 2.75) is 6.04 Å². The Bertz CT molecular complexity index is 1330. The smallest absolute Gasteiger partial charge is 0.322 e. The number of nitrogens with zero attached hydrogens (tertiary/aromatic N) is 4. The van der Waals surface area contributed by atoms with Gasteiger partial charge in [-0.1, -0.05) is 11.6 Å². The molecule has 1 aliphatic rings. The average molecular weight is 453 g/mol. The molecule has 1 atom stereocenters. The van der Waals surface area contributed by atoms with Crippen molar-refractivity contribution in [2.24, 2.45) is 0 Å². The van der Waals surface area contributed by atoms with E-state index in [0.717, 1.165) is 5.69 Å². The van der Waals surface area contributed by atoms with Gasteiger partial charge in [0.15, 0.2) is 0 Å². The molecule has 10 heteroatoms. The number of anilines is 1. The molecule has 8 nitrogen and oxygen atoms in total. The highest BCUT2D eigenvalue weighted by Gasteiger charge is 2.25. The van der Waals surface area contributed by atoms with Crippen LogP contribution >= 0.6 is 11.6 Å². The van der Waals surface area contributed by atoms with Crippen molar-refractivity contribution in [2.75, 3.05) is 24.5 Å². The van der Waals surface area contributed by atoms with Crippen LogP contribution in [0.3, 0.4) is 0 Å². The molecule has 0 bridgehead atoms. The number of carbonyl (C=O) groups is 1. The maximum atomic E-state index is 14.4. The molecule has 162 valence electrons. The van der Waals surface area contributed by atoms with Gasteiger partial charge in [-0.25, -0.2) is 14.4 Å². The number of aromatic nitrogens is 4. The van der Waals surface area contributed by atoms with E-state index in [9.17, 15) is 14.3 Å². The number of H-pyrrole nitrogens is 1. The average Bonchev–Trinajstić information content (AvgIpc) is 3.29. The van der Waals surface area contributed by atoms with Crippen LogP contribution in [0.25, 0.3) is 33.7 Å². The summed E-state index contributed by atoms with van der Waals surface area (Å²) in [4.78, 5) is 29.8. The van der Waals surface area contributed by atoms with Crippen molar-refractivity contribution in [3.63, 3.8) is 0 Å². The normalized spacial score (nSPS) is 16.4. The van der Waals surface area contributed by atoms with Gasteiger partial charge in [-0.2, -0.15) is 0 Å².